The molecule has 0 fully saturated rings. The molecule has 2 N–H and O–H groups in total. The van der Waals surface area contributed by atoms with Crippen LogP contribution in [0.2, 0.25) is 0 Å². The number of benzene rings is 2. The quantitative estimate of drug-likeness (QED) is 0.438. The highest BCUT2D eigenvalue weighted by Gasteiger charge is 2.34. The lowest BCUT2D eigenvalue weighted by atomic mass is 9.90. The highest BCUT2D eigenvalue weighted by atomic mass is 32.2. The molecular formula is C28H32N2O7S. The van der Waals surface area contributed by atoms with Crippen molar-refractivity contribution < 1.29 is 32.3 Å². The van der Waals surface area contributed by atoms with Gasteiger partial charge in [0, 0.05) is 19.2 Å². The molecule has 202 valence electrons. The molecule has 0 spiro atoms. The molecule has 4 rings (SSSR count). The van der Waals surface area contributed by atoms with Gasteiger partial charge in [-0.05, 0) is 55.2 Å². The van der Waals surface area contributed by atoms with Crippen molar-refractivity contribution in [3.8, 4) is 5.75 Å². The Bertz CT molecular complexity index is 1460. The maximum absolute atomic E-state index is 13.6. The molecule has 1 amide bonds. The Balaban J connectivity index is 1.74. The fraction of sp³-hybridized carbons (Fsp3) is 0.357. The Morgan fingerprint density at radius 2 is 1.87 bits per heavy atom. The summed E-state index contributed by atoms with van der Waals surface area (Å²) in [6.07, 6.45) is 0.0564. The zero-order valence-corrected chi connectivity index (χ0v) is 22.7. The molecule has 2 atom stereocenters. The maximum atomic E-state index is 13.6. The van der Waals surface area contributed by atoms with E-state index in [1.165, 1.54) is 11.4 Å². The first-order chi connectivity index (χ1) is 18.0. The van der Waals surface area contributed by atoms with Crippen LogP contribution in [0.15, 0.2) is 57.8 Å². The van der Waals surface area contributed by atoms with Gasteiger partial charge in [0.05, 0.1) is 18.9 Å². The number of furan rings is 1. The Hall–Kier alpha value is -3.63. The standard InChI is InChI=1S/C28H32N2O7S/c1-5-21-16-30(38(34,35)25-9-7-6-8-23(25)36-21)15-20-13-19(11-10-17(20)2)22(14-26(31)32)24-12-18(3)27(37-24)28(33)29-4/h6-13,21-22H,5,14-16H2,1-4H3,(H,29,33)(H,31,32)/t21-,22?/m1/s1. The number of amides is 1. The first-order valence-electron chi connectivity index (χ1n) is 12.4. The van der Waals surface area contributed by atoms with Crippen LogP contribution in [0.3, 0.4) is 0 Å². The summed E-state index contributed by atoms with van der Waals surface area (Å²) in [5.41, 5.74) is 2.86. The highest BCUT2D eigenvalue weighted by Crippen LogP contribution is 2.35. The third-order valence-electron chi connectivity index (χ3n) is 6.84. The van der Waals surface area contributed by atoms with E-state index < -0.39 is 27.8 Å². The molecular weight excluding hydrogens is 508 g/mol. The monoisotopic (exact) mass is 540 g/mol. The number of nitrogens with zero attached hydrogens (tertiary/aromatic N) is 1. The number of aliphatic carboxylic acids is 1. The highest BCUT2D eigenvalue weighted by molar-refractivity contribution is 7.89. The summed E-state index contributed by atoms with van der Waals surface area (Å²) in [5.74, 6) is -1.26. The number of rotatable bonds is 8. The van der Waals surface area contributed by atoms with Gasteiger partial charge in [0.25, 0.3) is 5.91 Å². The van der Waals surface area contributed by atoms with Crippen LogP contribution < -0.4 is 10.1 Å². The number of nitrogens with one attached hydrogen (secondary N) is 1. The molecule has 2 heterocycles. The third kappa shape index (κ3) is 5.46. The fourth-order valence-corrected chi connectivity index (χ4v) is 6.22. The second-order valence-electron chi connectivity index (χ2n) is 9.47. The lowest BCUT2D eigenvalue weighted by Crippen LogP contribution is -2.36. The largest absolute Gasteiger partial charge is 0.488 e. The van der Waals surface area contributed by atoms with Gasteiger partial charge < -0.3 is 19.6 Å². The number of ether oxygens (including phenoxy) is 1. The summed E-state index contributed by atoms with van der Waals surface area (Å²) in [5, 5.41) is 12.2. The summed E-state index contributed by atoms with van der Waals surface area (Å²) in [4.78, 5) is 24.1. The van der Waals surface area contributed by atoms with E-state index in [0.717, 1.165) is 11.1 Å². The van der Waals surface area contributed by atoms with Gasteiger partial charge in [-0.3, -0.25) is 9.59 Å². The molecule has 1 aliphatic heterocycles. The smallest absolute Gasteiger partial charge is 0.304 e. The zero-order chi connectivity index (χ0) is 27.6. The van der Waals surface area contributed by atoms with Crippen molar-refractivity contribution in [1.82, 2.24) is 9.62 Å². The number of aryl methyl sites for hydroxylation is 2. The van der Waals surface area contributed by atoms with Gasteiger partial charge in [0.15, 0.2) is 5.76 Å². The fourth-order valence-electron chi connectivity index (χ4n) is 4.65. The van der Waals surface area contributed by atoms with Gasteiger partial charge in [-0.2, -0.15) is 4.31 Å². The normalized spacial score (nSPS) is 17.6. The summed E-state index contributed by atoms with van der Waals surface area (Å²) >= 11 is 0. The van der Waals surface area contributed by atoms with Crippen molar-refractivity contribution in [3.05, 3.63) is 82.3 Å². The van der Waals surface area contributed by atoms with Crippen LogP contribution >= 0.6 is 0 Å². The van der Waals surface area contributed by atoms with Crippen LogP contribution in [-0.4, -0.2) is 49.4 Å². The average molecular weight is 541 g/mol. The predicted molar refractivity (Wildman–Crippen MR) is 141 cm³/mol. The molecule has 1 unspecified atom stereocenters. The number of sulfonamides is 1. The summed E-state index contributed by atoms with van der Waals surface area (Å²) in [6.45, 7) is 5.84. The number of hydrogen-bond donors (Lipinski definition) is 2. The molecule has 1 aliphatic rings. The van der Waals surface area contributed by atoms with Crippen LogP contribution in [-0.2, 0) is 21.4 Å². The Labute approximate surface area is 222 Å². The van der Waals surface area contributed by atoms with Crippen molar-refractivity contribution in [3.63, 3.8) is 0 Å². The van der Waals surface area contributed by atoms with Crippen LogP contribution in [0.5, 0.6) is 5.75 Å². The SMILES string of the molecule is CC[C@@H]1CN(Cc2cc(C(CC(=O)O)c3cc(C)c(C(=O)NC)o3)ccc2C)S(=O)(=O)c2ccccc2O1. The first kappa shape index (κ1) is 27.4. The lowest BCUT2D eigenvalue weighted by molar-refractivity contribution is -0.137. The Morgan fingerprint density at radius 1 is 1.13 bits per heavy atom. The molecule has 2 aromatic carbocycles. The van der Waals surface area contributed by atoms with E-state index in [1.807, 2.05) is 32.0 Å². The van der Waals surface area contributed by atoms with Gasteiger partial charge in [-0.25, -0.2) is 8.42 Å². The van der Waals surface area contributed by atoms with Gasteiger partial charge in [0.2, 0.25) is 10.0 Å². The Kier molecular flexibility index (Phi) is 7.94. The number of fused-ring (bicyclic) bond motifs is 1. The predicted octanol–water partition coefficient (Wildman–Crippen LogP) is 4.22. The molecule has 0 saturated carbocycles. The van der Waals surface area contributed by atoms with Crippen molar-refractivity contribution in [2.45, 2.75) is 57.1 Å². The number of carboxylic acid groups (broad SMARTS) is 1. The minimum Gasteiger partial charge on any atom is -0.488 e. The summed E-state index contributed by atoms with van der Waals surface area (Å²) in [6, 6.07) is 13.8. The van der Waals surface area contributed by atoms with Crippen LogP contribution in [0.1, 0.15) is 64.3 Å². The van der Waals surface area contributed by atoms with Crippen molar-refractivity contribution >= 4 is 21.9 Å². The molecule has 38 heavy (non-hydrogen) atoms. The van der Waals surface area contributed by atoms with E-state index in [4.69, 9.17) is 9.15 Å². The van der Waals surface area contributed by atoms with E-state index in [-0.39, 0.29) is 36.3 Å². The lowest BCUT2D eigenvalue weighted by Gasteiger charge is -2.24. The second kappa shape index (κ2) is 11.0. The van der Waals surface area contributed by atoms with Gasteiger partial charge in [-0.15, -0.1) is 0 Å². The first-order valence-corrected chi connectivity index (χ1v) is 13.9. The summed E-state index contributed by atoms with van der Waals surface area (Å²) in [7, 11) is -2.35. The van der Waals surface area contributed by atoms with Crippen LogP contribution in [0, 0.1) is 13.8 Å². The third-order valence-corrected chi connectivity index (χ3v) is 8.69. The minimum atomic E-state index is -3.85. The van der Waals surface area contributed by atoms with Crippen molar-refractivity contribution in [2.75, 3.05) is 13.6 Å². The van der Waals surface area contributed by atoms with Gasteiger partial charge in [0.1, 0.15) is 22.5 Å². The zero-order valence-electron chi connectivity index (χ0n) is 21.9. The number of para-hydroxylation sites is 1. The minimum absolute atomic E-state index is 0.0939. The van der Waals surface area contributed by atoms with E-state index in [0.29, 0.717) is 29.1 Å². The second-order valence-corrected chi connectivity index (χ2v) is 11.4. The molecule has 3 aromatic rings. The number of carbonyl (C=O) groups is 2. The van der Waals surface area contributed by atoms with E-state index in [1.54, 1.807) is 37.3 Å². The molecule has 10 heteroatoms. The van der Waals surface area contributed by atoms with E-state index in [9.17, 15) is 23.1 Å². The van der Waals surface area contributed by atoms with Crippen molar-refractivity contribution in [2.24, 2.45) is 0 Å². The molecule has 0 bridgehead atoms. The average Bonchev–Trinajstić information content (AvgIpc) is 3.23. The van der Waals surface area contributed by atoms with Crippen LogP contribution in [0.25, 0.3) is 0 Å². The topological polar surface area (TPSA) is 126 Å². The summed E-state index contributed by atoms with van der Waals surface area (Å²) < 4.78 is 40.5. The number of hydrogen-bond acceptors (Lipinski definition) is 6. The molecule has 0 saturated heterocycles. The maximum Gasteiger partial charge on any atom is 0.304 e. The van der Waals surface area contributed by atoms with E-state index in [2.05, 4.69) is 5.32 Å². The van der Waals surface area contributed by atoms with Crippen LogP contribution in [0.4, 0.5) is 0 Å². The molecule has 9 nitrogen and oxygen atoms in total. The molecule has 0 aliphatic carbocycles. The van der Waals surface area contributed by atoms with Gasteiger partial charge >= 0.3 is 5.97 Å². The number of carbonyl (C=O) groups excluding carboxylic acids is 1. The molecule has 0 radical (unpaired) electrons. The Morgan fingerprint density at radius 3 is 2.55 bits per heavy atom. The van der Waals surface area contributed by atoms with Gasteiger partial charge in [-0.1, -0.05) is 37.3 Å². The van der Waals surface area contributed by atoms with Crippen molar-refractivity contribution in [1.29, 1.82) is 0 Å². The number of carboxylic acids is 1. The van der Waals surface area contributed by atoms with E-state index >= 15 is 0 Å². The molecule has 1 aromatic heterocycles.